The smallest absolute Gasteiger partial charge is 0.336 e. The first-order valence-electron chi connectivity index (χ1n) is 9.39. The number of nitrogens with one attached hydrogen (secondary N) is 1. The van der Waals surface area contributed by atoms with Gasteiger partial charge in [0.1, 0.15) is 12.4 Å². The summed E-state index contributed by atoms with van der Waals surface area (Å²) in [6.07, 6.45) is 1.06. The van der Waals surface area contributed by atoms with E-state index >= 15 is 0 Å². The van der Waals surface area contributed by atoms with Crippen molar-refractivity contribution in [2.24, 2.45) is 5.41 Å². The first-order chi connectivity index (χ1) is 13.2. The van der Waals surface area contributed by atoms with Crippen LogP contribution >= 0.6 is 0 Å². The van der Waals surface area contributed by atoms with Gasteiger partial charge in [0, 0.05) is 36.4 Å². The van der Waals surface area contributed by atoms with E-state index in [4.69, 9.17) is 9.47 Å². The number of methoxy groups -OCH3 is 1. The van der Waals surface area contributed by atoms with E-state index in [0.29, 0.717) is 35.2 Å². The van der Waals surface area contributed by atoms with Crippen LogP contribution in [-0.2, 0) is 19.1 Å². The molecule has 3 rings (SSSR count). The number of hydrogen-bond acceptors (Lipinski definition) is 5. The third-order valence-corrected chi connectivity index (χ3v) is 5.16. The van der Waals surface area contributed by atoms with Crippen molar-refractivity contribution in [1.29, 1.82) is 0 Å². The van der Waals surface area contributed by atoms with Crippen LogP contribution in [0.1, 0.15) is 45.1 Å². The van der Waals surface area contributed by atoms with Gasteiger partial charge >= 0.3 is 5.97 Å². The highest BCUT2D eigenvalue weighted by atomic mass is 19.1. The summed E-state index contributed by atoms with van der Waals surface area (Å²) in [7, 11) is 1.52. The Kier molecular flexibility index (Phi) is 5.70. The molecule has 5 nitrogen and oxygen atoms in total. The number of ketones is 1. The first kappa shape index (κ1) is 20.3. The maximum Gasteiger partial charge on any atom is 0.336 e. The van der Waals surface area contributed by atoms with Crippen molar-refractivity contribution < 1.29 is 23.5 Å². The van der Waals surface area contributed by atoms with Gasteiger partial charge in [0.15, 0.2) is 5.78 Å². The molecule has 0 bridgehead atoms. The molecule has 1 N–H and O–H groups in total. The van der Waals surface area contributed by atoms with Crippen LogP contribution < -0.4 is 5.32 Å². The molecular formula is C22H26FNO4. The highest BCUT2D eigenvalue weighted by Gasteiger charge is 2.43. The average Bonchev–Trinajstić information content (AvgIpc) is 2.59. The summed E-state index contributed by atoms with van der Waals surface area (Å²) in [5, 5.41) is 3.25. The Labute approximate surface area is 164 Å². The zero-order valence-corrected chi connectivity index (χ0v) is 16.7. The minimum absolute atomic E-state index is 0.0253. The normalized spacial score (nSPS) is 21.3. The van der Waals surface area contributed by atoms with Crippen molar-refractivity contribution in [3.05, 3.63) is 58.2 Å². The molecule has 0 saturated heterocycles. The topological polar surface area (TPSA) is 64.6 Å². The van der Waals surface area contributed by atoms with Gasteiger partial charge in [-0.1, -0.05) is 26.0 Å². The number of esters is 1. The average molecular weight is 387 g/mol. The molecule has 2 aliphatic rings. The second-order valence-electron chi connectivity index (χ2n) is 8.11. The number of dihydropyridines is 1. The molecule has 1 heterocycles. The van der Waals surface area contributed by atoms with Gasteiger partial charge < -0.3 is 14.8 Å². The lowest BCUT2D eigenvalue weighted by Gasteiger charge is -2.39. The van der Waals surface area contributed by atoms with Gasteiger partial charge in [-0.3, -0.25) is 4.79 Å². The van der Waals surface area contributed by atoms with Crippen LogP contribution in [0.25, 0.3) is 0 Å². The number of halogens is 1. The van der Waals surface area contributed by atoms with E-state index < -0.39 is 17.7 Å². The molecule has 0 amide bonds. The van der Waals surface area contributed by atoms with Crippen LogP contribution in [0.3, 0.4) is 0 Å². The Morgan fingerprint density at radius 3 is 2.71 bits per heavy atom. The van der Waals surface area contributed by atoms with Gasteiger partial charge in [0.2, 0.25) is 0 Å². The molecule has 1 aliphatic heterocycles. The zero-order chi connectivity index (χ0) is 20.5. The number of rotatable bonds is 5. The minimum atomic E-state index is -0.648. The molecule has 6 heteroatoms. The maximum atomic E-state index is 14.0. The van der Waals surface area contributed by atoms with Crippen molar-refractivity contribution in [1.82, 2.24) is 5.32 Å². The van der Waals surface area contributed by atoms with Crippen LogP contribution in [0.2, 0.25) is 0 Å². The lowest BCUT2D eigenvalue weighted by molar-refractivity contribution is -0.140. The van der Waals surface area contributed by atoms with Gasteiger partial charge in [-0.15, -0.1) is 0 Å². The van der Waals surface area contributed by atoms with E-state index in [1.165, 1.54) is 19.2 Å². The summed E-state index contributed by atoms with van der Waals surface area (Å²) < 4.78 is 24.3. The molecule has 0 spiro atoms. The Bertz CT molecular complexity index is 869. The number of hydrogen-bond donors (Lipinski definition) is 1. The summed E-state index contributed by atoms with van der Waals surface area (Å²) in [6, 6.07) is 6.06. The Morgan fingerprint density at radius 1 is 1.29 bits per heavy atom. The molecule has 0 fully saturated rings. The number of benzene rings is 1. The summed E-state index contributed by atoms with van der Waals surface area (Å²) in [5.74, 6) is -1.61. The Hall–Kier alpha value is -2.47. The minimum Gasteiger partial charge on any atom is -0.460 e. The van der Waals surface area contributed by atoms with Crippen LogP contribution in [0, 0.1) is 11.2 Å². The van der Waals surface area contributed by atoms with E-state index in [-0.39, 0.29) is 24.4 Å². The van der Waals surface area contributed by atoms with Crippen LogP contribution in [-0.4, -0.2) is 32.1 Å². The number of ether oxygens (including phenoxy) is 2. The summed E-state index contributed by atoms with van der Waals surface area (Å²) >= 11 is 0. The highest BCUT2D eigenvalue weighted by molar-refractivity contribution is 6.04. The monoisotopic (exact) mass is 387 g/mol. The lowest BCUT2D eigenvalue weighted by Crippen LogP contribution is -2.38. The lowest BCUT2D eigenvalue weighted by atomic mass is 9.68. The number of allylic oxidation sites excluding steroid dienone is 3. The molecule has 28 heavy (non-hydrogen) atoms. The van der Waals surface area contributed by atoms with Crippen molar-refractivity contribution in [2.45, 2.75) is 39.5 Å². The first-order valence-corrected chi connectivity index (χ1v) is 9.39. The largest absolute Gasteiger partial charge is 0.460 e. The van der Waals surface area contributed by atoms with E-state index in [2.05, 4.69) is 5.32 Å². The van der Waals surface area contributed by atoms with Crippen molar-refractivity contribution in [3.63, 3.8) is 0 Å². The molecule has 0 unspecified atom stereocenters. The summed E-state index contributed by atoms with van der Waals surface area (Å²) in [4.78, 5) is 25.9. The quantitative estimate of drug-likeness (QED) is 0.618. The summed E-state index contributed by atoms with van der Waals surface area (Å²) in [6.45, 7) is 6.25. The van der Waals surface area contributed by atoms with E-state index in [0.717, 1.165) is 5.70 Å². The van der Waals surface area contributed by atoms with Gasteiger partial charge in [0.05, 0.1) is 12.2 Å². The molecule has 1 aromatic carbocycles. The Morgan fingerprint density at radius 2 is 2.04 bits per heavy atom. The fraction of sp³-hybridized carbons (Fsp3) is 0.455. The second-order valence-corrected chi connectivity index (χ2v) is 8.11. The SMILES string of the molecule is COCCOC(=O)C1=C(C)NC2=C(C(=O)CC(C)(C)C2)[C@H]1c1cccc(F)c1. The fourth-order valence-corrected chi connectivity index (χ4v) is 4.02. The van der Waals surface area contributed by atoms with E-state index in [1.54, 1.807) is 19.1 Å². The van der Waals surface area contributed by atoms with Gasteiger partial charge in [-0.25, -0.2) is 9.18 Å². The maximum absolute atomic E-state index is 14.0. The second kappa shape index (κ2) is 7.87. The van der Waals surface area contributed by atoms with Crippen LogP contribution in [0.15, 0.2) is 46.8 Å². The number of carbonyl (C=O) groups excluding carboxylic acids is 2. The van der Waals surface area contributed by atoms with E-state index in [1.807, 2.05) is 13.8 Å². The van der Waals surface area contributed by atoms with Gasteiger partial charge in [0.25, 0.3) is 0 Å². The molecule has 0 saturated carbocycles. The van der Waals surface area contributed by atoms with Gasteiger partial charge in [-0.05, 0) is 36.5 Å². The van der Waals surface area contributed by atoms with Crippen LogP contribution in [0.5, 0.6) is 0 Å². The summed E-state index contributed by atoms with van der Waals surface area (Å²) in [5.41, 5.74) is 2.71. The predicted molar refractivity (Wildman–Crippen MR) is 103 cm³/mol. The molecule has 1 atom stereocenters. The Balaban J connectivity index is 2.09. The van der Waals surface area contributed by atoms with Crippen molar-refractivity contribution >= 4 is 11.8 Å². The number of Topliss-reactive ketones (excluding diaryl/α,β-unsaturated/α-hetero) is 1. The van der Waals surface area contributed by atoms with Crippen molar-refractivity contribution in [2.75, 3.05) is 20.3 Å². The molecular weight excluding hydrogens is 361 g/mol. The molecule has 0 aromatic heterocycles. The van der Waals surface area contributed by atoms with Gasteiger partial charge in [-0.2, -0.15) is 0 Å². The number of carbonyl (C=O) groups is 2. The molecule has 1 aliphatic carbocycles. The standard InChI is InChI=1S/C22H26FNO4/c1-13-18(21(26)28-9-8-27-4)19(14-6-5-7-15(23)10-14)20-16(24-13)11-22(2,3)12-17(20)25/h5-7,10,19,24H,8-9,11-12H2,1-4H3/t19-/m0/s1. The molecule has 1 aromatic rings. The highest BCUT2D eigenvalue weighted by Crippen LogP contribution is 2.46. The van der Waals surface area contributed by atoms with Crippen molar-refractivity contribution in [3.8, 4) is 0 Å². The molecule has 0 radical (unpaired) electrons. The third-order valence-electron chi connectivity index (χ3n) is 5.16. The predicted octanol–water partition coefficient (Wildman–Crippen LogP) is 3.62. The van der Waals surface area contributed by atoms with E-state index in [9.17, 15) is 14.0 Å². The molecule has 150 valence electrons. The zero-order valence-electron chi connectivity index (χ0n) is 16.7. The van der Waals surface area contributed by atoms with Crippen LogP contribution in [0.4, 0.5) is 4.39 Å². The fourth-order valence-electron chi connectivity index (χ4n) is 4.02. The third kappa shape index (κ3) is 4.02.